The monoisotopic (exact) mass is 252 g/mol. The lowest BCUT2D eigenvalue weighted by molar-refractivity contribution is -0.151. The fourth-order valence-corrected chi connectivity index (χ4v) is 3.63. The van der Waals surface area contributed by atoms with Gasteiger partial charge < -0.3 is 10.1 Å². The molecular formula is C15H28N2O. The lowest BCUT2D eigenvalue weighted by Crippen LogP contribution is -2.60. The maximum Gasteiger partial charge on any atom is 0.0757 e. The van der Waals surface area contributed by atoms with Crippen molar-refractivity contribution < 1.29 is 4.74 Å². The van der Waals surface area contributed by atoms with Gasteiger partial charge >= 0.3 is 0 Å². The minimum atomic E-state index is 0.0295. The highest BCUT2D eigenvalue weighted by Gasteiger charge is 2.41. The van der Waals surface area contributed by atoms with Gasteiger partial charge in [-0.15, -0.1) is 0 Å². The first-order valence-electron chi connectivity index (χ1n) is 7.69. The summed E-state index contributed by atoms with van der Waals surface area (Å²) in [7, 11) is 0. The van der Waals surface area contributed by atoms with E-state index < -0.39 is 0 Å². The molecule has 3 nitrogen and oxygen atoms in total. The summed E-state index contributed by atoms with van der Waals surface area (Å²) in [4.78, 5) is 2.69. The highest BCUT2D eigenvalue weighted by molar-refractivity contribution is 4.96. The van der Waals surface area contributed by atoms with Crippen LogP contribution in [0.3, 0.4) is 0 Å². The predicted octanol–water partition coefficient (Wildman–Crippen LogP) is 2.02. The molecule has 1 saturated heterocycles. The Balaban J connectivity index is 1.53. The molecular weight excluding hydrogens is 224 g/mol. The van der Waals surface area contributed by atoms with Gasteiger partial charge in [0.15, 0.2) is 0 Å². The van der Waals surface area contributed by atoms with E-state index in [0.29, 0.717) is 6.10 Å². The van der Waals surface area contributed by atoms with Crippen LogP contribution in [0.25, 0.3) is 0 Å². The number of nitrogens with one attached hydrogen (secondary N) is 1. The molecule has 3 atom stereocenters. The second-order valence-corrected chi connectivity index (χ2v) is 7.20. The minimum Gasteiger partial charge on any atom is -0.370 e. The molecule has 0 amide bonds. The summed E-state index contributed by atoms with van der Waals surface area (Å²) in [6.07, 6.45) is 5.99. The molecule has 0 aromatic heterocycles. The molecule has 18 heavy (non-hydrogen) atoms. The van der Waals surface area contributed by atoms with E-state index >= 15 is 0 Å². The van der Waals surface area contributed by atoms with Crippen molar-refractivity contribution in [2.45, 2.75) is 70.2 Å². The number of nitrogens with zero attached hydrogens (tertiary/aromatic N) is 1. The van der Waals surface area contributed by atoms with E-state index in [1.165, 1.54) is 32.2 Å². The molecule has 1 N–H and O–H groups in total. The fourth-order valence-electron chi connectivity index (χ4n) is 3.63. The van der Waals surface area contributed by atoms with Crippen LogP contribution in [0, 0.1) is 5.92 Å². The predicted molar refractivity (Wildman–Crippen MR) is 73.7 cm³/mol. The average molecular weight is 252 g/mol. The van der Waals surface area contributed by atoms with Gasteiger partial charge in [-0.3, -0.25) is 4.90 Å². The molecule has 3 rings (SSSR count). The van der Waals surface area contributed by atoms with E-state index in [9.17, 15) is 0 Å². The van der Waals surface area contributed by atoms with Crippen LogP contribution < -0.4 is 5.32 Å². The summed E-state index contributed by atoms with van der Waals surface area (Å²) in [5, 5.41) is 3.70. The maximum atomic E-state index is 6.01. The van der Waals surface area contributed by atoms with Crippen molar-refractivity contribution in [2.75, 3.05) is 19.6 Å². The summed E-state index contributed by atoms with van der Waals surface area (Å²) >= 11 is 0. The van der Waals surface area contributed by atoms with Crippen LogP contribution in [0.1, 0.15) is 46.5 Å². The number of hydrogen-bond acceptors (Lipinski definition) is 3. The van der Waals surface area contributed by atoms with Crippen LogP contribution in [0.15, 0.2) is 0 Å². The fraction of sp³-hybridized carbons (Fsp3) is 1.00. The van der Waals surface area contributed by atoms with Gasteiger partial charge in [-0.1, -0.05) is 0 Å². The lowest BCUT2D eigenvalue weighted by atomic mass is 9.77. The van der Waals surface area contributed by atoms with E-state index in [1.54, 1.807) is 0 Å². The molecule has 1 heterocycles. The second kappa shape index (κ2) is 4.77. The summed E-state index contributed by atoms with van der Waals surface area (Å²) in [5.41, 5.74) is 0.0295. The summed E-state index contributed by atoms with van der Waals surface area (Å²) in [6.45, 7) is 10.1. The third-order valence-corrected chi connectivity index (χ3v) is 4.69. The largest absolute Gasteiger partial charge is 0.370 e. The quantitative estimate of drug-likeness (QED) is 0.828. The number of morpholine rings is 1. The van der Waals surface area contributed by atoms with Gasteiger partial charge in [0.1, 0.15) is 0 Å². The van der Waals surface area contributed by atoms with E-state index in [1.807, 2.05) is 0 Å². The molecule has 2 saturated carbocycles. The summed E-state index contributed by atoms with van der Waals surface area (Å²) in [5.74, 6) is 0.881. The molecule has 104 valence electrons. The van der Waals surface area contributed by atoms with Crippen LogP contribution in [0.4, 0.5) is 0 Å². The standard InChI is InChI=1S/C15H28N2O/c1-11-9-17(10-15(2,3)18-11)14-7-4-12(14)8-16-13-5-6-13/h11-14,16H,4-10H2,1-3H3. The van der Waals surface area contributed by atoms with E-state index in [0.717, 1.165) is 31.1 Å². The summed E-state index contributed by atoms with van der Waals surface area (Å²) < 4.78 is 6.01. The Morgan fingerprint density at radius 1 is 1.22 bits per heavy atom. The van der Waals surface area contributed by atoms with Crippen LogP contribution in [0.2, 0.25) is 0 Å². The Hall–Kier alpha value is -0.120. The molecule has 3 heteroatoms. The van der Waals surface area contributed by atoms with Gasteiger partial charge in [0.05, 0.1) is 11.7 Å². The topological polar surface area (TPSA) is 24.5 Å². The van der Waals surface area contributed by atoms with Gasteiger partial charge in [0.25, 0.3) is 0 Å². The molecule has 0 radical (unpaired) electrons. The lowest BCUT2D eigenvalue weighted by Gasteiger charge is -2.51. The first-order chi connectivity index (χ1) is 8.53. The van der Waals surface area contributed by atoms with Crippen LogP contribution >= 0.6 is 0 Å². The van der Waals surface area contributed by atoms with E-state index in [-0.39, 0.29) is 5.60 Å². The molecule has 3 aliphatic rings. The van der Waals surface area contributed by atoms with Crippen LogP contribution in [0.5, 0.6) is 0 Å². The Morgan fingerprint density at radius 2 is 2.00 bits per heavy atom. The first kappa shape index (κ1) is 12.9. The molecule has 2 aliphatic carbocycles. The van der Waals surface area contributed by atoms with Crippen molar-refractivity contribution in [3.63, 3.8) is 0 Å². The van der Waals surface area contributed by atoms with Crippen molar-refractivity contribution in [3.8, 4) is 0 Å². The highest BCUT2D eigenvalue weighted by atomic mass is 16.5. The Bertz CT molecular complexity index is 301. The second-order valence-electron chi connectivity index (χ2n) is 7.20. The van der Waals surface area contributed by atoms with Crippen molar-refractivity contribution >= 4 is 0 Å². The third kappa shape index (κ3) is 2.89. The minimum absolute atomic E-state index is 0.0295. The average Bonchev–Trinajstić information content (AvgIpc) is 2.96. The van der Waals surface area contributed by atoms with Crippen molar-refractivity contribution in [3.05, 3.63) is 0 Å². The Kier molecular flexibility index (Phi) is 3.41. The molecule has 0 bridgehead atoms. The van der Waals surface area contributed by atoms with Gasteiger partial charge in [0.2, 0.25) is 0 Å². The van der Waals surface area contributed by atoms with Gasteiger partial charge in [-0.2, -0.15) is 0 Å². The van der Waals surface area contributed by atoms with Crippen LogP contribution in [-0.4, -0.2) is 48.3 Å². The first-order valence-corrected chi connectivity index (χ1v) is 7.69. The maximum absolute atomic E-state index is 6.01. The number of hydrogen-bond donors (Lipinski definition) is 1. The van der Waals surface area contributed by atoms with Crippen molar-refractivity contribution in [1.82, 2.24) is 10.2 Å². The molecule has 0 aromatic carbocycles. The van der Waals surface area contributed by atoms with Gasteiger partial charge in [0, 0.05) is 25.2 Å². The number of rotatable bonds is 4. The molecule has 3 fully saturated rings. The highest BCUT2D eigenvalue weighted by Crippen LogP contribution is 2.35. The van der Waals surface area contributed by atoms with E-state index in [4.69, 9.17) is 4.74 Å². The molecule has 0 aromatic rings. The Labute approximate surface area is 111 Å². The SMILES string of the molecule is CC1CN(C2CCC2CNC2CC2)CC(C)(C)O1. The van der Waals surface area contributed by atoms with E-state index in [2.05, 4.69) is 31.0 Å². The zero-order valence-corrected chi connectivity index (χ0v) is 12.1. The third-order valence-electron chi connectivity index (χ3n) is 4.69. The van der Waals surface area contributed by atoms with Gasteiger partial charge in [-0.25, -0.2) is 0 Å². The zero-order valence-electron chi connectivity index (χ0n) is 12.1. The van der Waals surface area contributed by atoms with Gasteiger partial charge in [-0.05, 0) is 58.9 Å². The number of ether oxygens (including phenoxy) is 1. The van der Waals surface area contributed by atoms with Crippen molar-refractivity contribution in [2.24, 2.45) is 5.92 Å². The Morgan fingerprint density at radius 3 is 2.56 bits per heavy atom. The normalized spacial score (nSPS) is 40.5. The molecule has 0 spiro atoms. The van der Waals surface area contributed by atoms with Crippen molar-refractivity contribution in [1.29, 1.82) is 0 Å². The molecule has 1 aliphatic heterocycles. The summed E-state index contributed by atoms with van der Waals surface area (Å²) in [6, 6.07) is 1.66. The zero-order chi connectivity index (χ0) is 12.8. The smallest absolute Gasteiger partial charge is 0.0757 e. The van der Waals surface area contributed by atoms with Crippen LogP contribution in [-0.2, 0) is 4.74 Å². The molecule has 3 unspecified atom stereocenters.